The highest BCUT2D eigenvalue weighted by atomic mass is 16.5. The molecule has 272 valence electrons. The summed E-state index contributed by atoms with van der Waals surface area (Å²) in [6.07, 6.45) is 31.0. The van der Waals surface area contributed by atoms with E-state index in [0.717, 1.165) is 106 Å². The standard InChI is InChI=1S/C45H80O2/c1-7-8-9-10-11-12-13-14-15-16-17-18-19-20-21-25-43(46)47-38-30-32-44(5)37(34-38)26-27-39-41-29-28-40(36(4)24-22-23-35(2)3)45(41,6)33-31-42(39)44/h14-15,35-42H,7-13,16-34H2,1-6H3/b15-14-/t36-,37?,38+,39+,40-,41+,42+,44+,45-/m1/s1/i14T,15T. The molecular weight excluding hydrogens is 572 g/mol. The second-order valence-corrected chi connectivity index (χ2v) is 18.2. The lowest BCUT2D eigenvalue weighted by Gasteiger charge is -2.61. The molecule has 0 aromatic rings. The molecule has 0 aromatic carbocycles. The van der Waals surface area contributed by atoms with Gasteiger partial charge in [0.15, 0.2) is 0 Å². The molecule has 2 nitrogen and oxygen atoms in total. The van der Waals surface area contributed by atoms with Gasteiger partial charge in [-0.2, -0.15) is 0 Å². The van der Waals surface area contributed by atoms with Crippen LogP contribution in [0.5, 0.6) is 0 Å². The van der Waals surface area contributed by atoms with E-state index in [0.29, 0.717) is 29.4 Å². The summed E-state index contributed by atoms with van der Waals surface area (Å²) in [7, 11) is 0. The minimum absolute atomic E-state index is 0.0279. The molecule has 0 spiro atoms. The van der Waals surface area contributed by atoms with Crippen molar-refractivity contribution in [2.75, 3.05) is 0 Å². The lowest BCUT2D eigenvalue weighted by Crippen LogP contribution is -2.54. The summed E-state index contributed by atoms with van der Waals surface area (Å²) in [4.78, 5) is 12.9. The first-order chi connectivity index (χ1) is 23.5. The second-order valence-electron chi connectivity index (χ2n) is 18.2. The van der Waals surface area contributed by atoms with E-state index in [2.05, 4.69) is 41.5 Å². The molecule has 0 saturated heterocycles. The Morgan fingerprint density at radius 3 is 2.09 bits per heavy atom. The van der Waals surface area contributed by atoms with Gasteiger partial charge in [-0.15, -0.1) is 0 Å². The molecule has 4 saturated carbocycles. The average Bonchev–Trinajstić information content (AvgIpc) is 3.43. The number of hydrogen-bond donors (Lipinski definition) is 0. The van der Waals surface area contributed by atoms with Crippen LogP contribution in [0.2, 0.25) is 0 Å². The van der Waals surface area contributed by atoms with E-state index >= 15 is 0 Å². The molecule has 0 N–H and O–H groups in total. The fourth-order valence-electron chi connectivity index (χ4n) is 11.8. The maximum Gasteiger partial charge on any atom is 0.306 e. The maximum absolute atomic E-state index is 12.9. The minimum Gasteiger partial charge on any atom is -0.462 e. The zero-order valence-corrected chi connectivity index (χ0v) is 32.3. The molecule has 0 aromatic heterocycles. The first-order valence-corrected chi connectivity index (χ1v) is 21.3. The maximum atomic E-state index is 12.9. The van der Waals surface area contributed by atoms with Gasteiger partial charge in [0.05, 0.1) is 2.74 Å². The monoisotopic (exact) mass is 657 g/mol. The van der Waals surface area contributed by atoms with E-state index in [1.165, 1.54) is 96.3 Å². The van der Waals surface area contributed by atoms with E-state index in [1.54, 1.807) is 0 Å². The van der Waals surface area contributed by atoms with Gasteiger partial charge in [-0.1, -0.05) is 124 Å². The van der Waals surface area contributed by atoms with Crippen molar-refractivity contribution in [3.05, 3.63) is 12.1 Å². The average molecular weight is 657 g/mol. The summed E-state index contributed by atoms with van der Waals surface area (Å²) < 4.78 is 22.6. The van der Waals surface area contributed by atoms with Crippen molar-refractivity contribution in [3.8, 4) is 0 Å². The van der Waals surface area contributed by atoms with Gasteiger partial charge < -0.3 is 4.74 Å². The van der Waals surface area contributed by atoms with Gasteiger partial charge in [0.2, 0.25) is 0 Å². The molecule has 2 heteroatoms. The highest BCUT2D eigenvalue weighted by molar-refractivity contribution is 5.69. The first-order valence-electron chi connectivity index (χ1n) is 22.3. The van der Waals surface area contributed by atoms with Crippen LogP contribution in [0.4, 0.5) is 0 Å². The number of hydrogen-bond acceptors (Lipinski definition) is 2. The Morgan fingerprint density at radius 2 is 1.38 bits per heavy atom. The van der Waals surface area contributed by atoms with Crippen LogP contribution in [-0.2, 0) is 9.53 Å². The number of rotatable bonds is 21. The van der Waals surface area contributed by atoms with Crippen LogP contribution in [0.3, 0.4) is 0 Å². The van der Waals surface area contributed by atoms with Crippen molar-refractivity contribution in [2.45, 2.75) is 215 Å². The zero-order valence-electron chi connectivity index (χ0n) is 34.3. The molecule has 4 rings (SSSR count). The van der Waals surface area contributed by atoms with Gasteiger partial charge in [-0.25, -0.2) is 0 Å². The topological polar surface area (TPSA) is 26.3 Å². The summed E-state index contributed by atoms with van der Waals surface area (Å²) in [5.41, 5.74) is 1.01. The molecule has 0 radical (unpaired) electrons. The molecule has 9 atom stereocenters. The Morgan fingerprint density at radius 1 is 0.745 bits per heavy atom. The summed E-state index contributed by atoms with van der Waals surface area (Å²) in [6.45, 7) is 14.9. The number of esters is 1. The van der Waals surface area contributed by atoms with Gasteiger partial charge in [0.1, 0.15) is 6.10 Å². The molecule has 47 heavy (non-hydrogen) atoms. The smallest absolute Gasteiger partial charge is 0.306 e. The predicted molar refractivity (Wildman–Crippen MR) is 202 cm³/mol. The van der Waals surface area contributed by atoms with E-state index in [-0.39, 0.29) is 12.1 Å². The van der Waals surface area contributed by atoms with E-state index in [4.69, 9.17) is 7.48 Å². The van der Waals surface area contributed by atoms with Crippen LogP contribution in [0, 0.1) is 52.3 Å². The van der Waals surface area contributed by atoms with Crippen LogP contribution < -0.4 is 0 Å². The molecule has 0 bridgehead atoms. The van der Waals surface area contributed by atoms with E-state index in [1.807, 2.05) is 0 Å². The molecule has 4 aliphatic carbocycles. The normalized spacial score (nSPS) is 35.3. The number of allylic oxidation sites excluding steroid dienone is 2. The largest absolute Gasteiger partial charge is 0.462 e. The third-order valence-electron chi connectivity index (χ3n) is 14.6. The van der Waals surface area contributed by atoms with E-state index < -0.39 is 0 Å². The predicted octanol–water partition coefficient (Wildman–Crippen LogP) is 14.1. The first kappa shape index (κ1) is 36.0. The fourth-order valence-corrected chi connectivity index (χ4v) is 11.8. The molecular formula is C45H80O2. The Hall–Kier alpha value is -0.790. The van der Waals surface area contributed by atoms with Gasteiger partial charge in [0, 0.05) is 6.42 Å². The Kier molecular flexibility index (Phi) is 15.0. The molecule has 0 aliphatic heterocycles. The van der Waals surface area contributed by atoms with Crippen LogP contribution >= 0.6 is 0 Å². The highest BCUT2D eigenvalue weighted by Crippen LogP contribution is 2.68. The van der Waals surface area contributed by atoms with Gasteiger partial charge in [0.25, 0.3) is 0 Å². The number of carbonyl (C=O) groups excluding carboxylic acids is 1. The Balaban J connectivity index is 1.11. The zero-order chi connectivity index (χ0) is 35.4. The minimum atomic E-state index is 0.0279. The molecule has 0 heterocycles. The van der Waals surface area contributed by atoms with Crippen LogP contribution in [0.15, 0.2) is 12.1 Å². The lowest BCUT2D eigenvalue weighted by molar-refractivity contribution is -0.162. The molecule has 4 fully saturated rings. The van der Waals surface area contributed by atoms with Crippen molar-refractivity contribution in [1.29, 1.82) is 0 Å². The summed E-state index contributed by atoms with van der Waals surface area (Å²) in [6, 6.07) is 1.09. The van der Waals surface area contributed by atoms with Crippen molar-refractivity contribution in [1.82, 2.24) is 0 Å². The van der Waals surface area contributed by atoms with Crippen molar-refractivity contribution >= 4 is 5.97 Å². The summed E-state index contributed by atoms with van der Waals surface area (Å²) >= 11 is 0. The second kappa shape index (κ2) is 19.6. The van der Waals surface area contributed by atoms with E-state index in [9.17, 15) is 4.79 Å². The summed E-state index contributed by atoms with van der Waals surface area (Å²) in [5, 5.41) is 0. The van der Waals surface area contributed by atoms with Gasteiger partial charge in [-0.05, 0) is 142 Å². The molecule has 1 unspecified atom stereocenters. The lowest BCUT2D eigenvalue weighted by atomic mass is 9.44. The van der Waals surface area contributed by atoms with Crippen molar-refractivity contribution in [3.63, 3.8) is 0 Å². The number of unbranched alkanes of at least 4 members (excludes halogenated alkanes) is 9. The third kappa shape index (κ3) is 10.8. The third-order valence-corrected chi connectivity index (χ3v) is 14.6. The van der Waals surface area contributed by atoms with Crippen LogP contribution in [0.25, 0.3) is 0 Å². The Labute approximate surface area is 296 Å². The fraction of sp³-hybridized carbons (Fsp3) is 0.933. The molecule has 4 aliphatic rings. The van der Waals surface area contributed by atoms with Crippen LogP contribution in [0.1, 0.15) is 211 Å². The SMILES string of the molecule is [3H]/C(CCCCCCCC)=C(\[3H])CCCCCCCC(=O)O[C@H]1CC[C@@]2(C)C(CC[C@H]3[C@@H]4CC[C@H]([C@H](C)CCCC(C)C)[C@@]4(C)CC[C@@H]32)C1. The van der Waals surface area contributed by atoms with Gasteiger partial charge in [-0.3, -0.25) is 4.79 Å². The quantitative estimate of drug-likeness (QED) is 0.0698. The Bertz CT molecular complexity index is 1020. The van der Waals surface area contributed by atoms with Gasteiger partial charge >= 0.3 is 5.97 Å². The van der Waals surface area contributed by atoms with Crippen LogP contribution in [-0.4, -0.2) is 12.1 Å². The highest BCUT2D eigenvalue weighted by Gasteiger charge is 2.60. The number of ether oxygens (including phenoxy) is 1. The van der Waals surface area contributed by atoms with Crippen molar-refractivity contribution in [2.24, 2.45) is 52.3 Å². The summed E-state index contributed by atoms with van der Waals surface area (Å²) in [5.74, 6) is 6.14. The molecule has 0 amide bonds. The number of fused-ring (bicyclic) bond motifs is 5. The van der Waals surface area contributed by atoms with Crippen molar-refractivity contribution < 1.29 is 12.3 Å². The number of carbonyl (C=O) groups is 1.